The SMILES string of the molecule is CC(C)N(C(C)C)C1CN1C(=O)C(=O)NC1CC(C)(C)NC(C)(C)C1. The molecular formula is C19H36N4O2. The van der Waals surface area contributed by atoms with Gasteiger partial charge in [0.1, 0.15) is 6.17 Å². The maximum atomic E-state index is 12.5. The smallest absolute Gasteiger partial charge is 0.313 e. The summed E-state index contributed by atoms with van der Waals surface area (Å²) >= 11 is 0. The second-order valence-electron chi connectivity index (χ2n) is 9.54. The molecule has 0 saturated carbocycles. The summed E-state index contributed by atoms with van der Waals surface area (Å²) in [6, 6.07) is 0.709. The van der Waals surface area contributed by atoms with Crippen LogP contribution in [0.4, 0.5) is 0 Å². The van der Waals surface area contributed by atoms with Crippen LogP contribution in [0.3, 0.4) is 0 Å². The Balaban J connectivity index is 1.95. The van der Waals surface area contributed by atoms with Crippen molar-refractivity contribution in [3.8, 4) is 0 Å². The summed E-state index contributed by atoms with van der Waals surface area (Å²) < 4.78 is 0. The second-order valence-corrected chi connectivity index (χ2v) is 9.54. The van der Waals surface area contributed by atoms with Crippen molar-refractivity contribution in [3.63, 3.8) is 0 Å². The lowest BCUT2D eigenvalue weighted by molar-refractivity contribution is -0.144. The molecular weight excluding hydrogens is 316 g/mol. The lowest BCUT2D eigenvalue weighted by Crippen LogP contribution is -2.62. The number of rotatable bonds is 4. The topological polar surface area (TPSA) is 64.5 Å². The van der Waals surface area contributed by atoms with Crippen LogP contribution in [0.2, 0.25) is 0 Å². The molecule has 2 rings (SSSR count). The first-order valence-electron chi connectivity index (χ1n) is 9.51. The highest BCUT2D eigenvalue weighted by atomic mass is 16.2. The first-order valence-corrected chi connectivity index (χ1v) is 9.51. The molecule has 0 bridgehead atoms. The fourth-order valence-corrected chi connectivity index (χ4v) is 4.69. The van der Waals surface area contributed by atoms with E-state index in [-0.39, 0.29) is 23.3 Å². The first-order chi connectivity index (χ1) is 11.3. The van der Waals surface area contributed by atoms with E-state index in [2.05, 4.69) is 70.9 Å². The maximum absolute atomic E-state index is 12.5. The average Bonchev–Trinajstić information content (AvgIpc) is 3.12. The minimum absolute atomic E-state index is 0.0207. The van der Waals surface area contributed by atoms with Gasteiger partial charge in [-0.05, 0) is 68.2 Å². The van der Waals surface area contributed by atoms with E-state index >= 15 is 0 Å². The molecule has 25 heavy (non-hydrogen) atoms. The van der Waals surface area contributed by atoms with Crippen LogP contribution >= 0.6 is 0 Å². The van der Waals surface area contributed by atoms with Crippen molar-refractivity contribution >= 4 is 11.8 Å². The number of nitrogens with zero attached hydrogens (tertiary/aromatic N) is 2. The van der Waals surface area contributed by atoms with Crippen molar-refractivity contribution in [1.29, 1.82) is 0 Å². The summed E-state index contributed by atoms with van der Waals surface area (Å²) in [6.07, 6.45) is 1.70. The highest BCUT2D eigenvalue weighted by molar-refractivity contribution is 6.35. The van der Waals surface area contributed by atoms with Crippen molar-refractivity contribution in [2.45, 2.75) is 104 Å². The molecule has 2 aliphatic heterocycles. The van der Waals surface area contributed by atoms with Gasteiger partial charge in [0.2, 0.25) is 0 Å². The van der Waals surface area contributed by atoms with Crippen LogP contribution < -0.4 is 10.6 Å². The molecule has 0 radical (unpaired) electrons. The number of amides is 2. The van der Waals surface area contributed by atoms with Gasteiger partial charge in [-0.25, -0.2) is 0 Å². The largest absolute Gasteiger partial charge is 0.345 e. The fraction of sp³-hybridized carbons (Fsp3) is 0.895. The van der Waals surface area contributed by atoms with Crippen LogP contribution in [0.15, 0.2) is 0 Å². The van der Waals surface area contributed by atoms with Gasteiger partial charge in [-0.15, -0.1) is 0 Å². The Morgan fingerprint density at radius 3 is 1.96 bits per heavy atom. The van der Waals surface area contributed by atoms with E-state index in [9.17, 15) is 9.59 Å². The highest BCUT2D eigenvalue weighted by Gasteiger charge is 2.47. The average molecular weight is 353 g/mol. The summed E-state index contributed by atoms with van der Waals surface area (Å²) in [5, 5.41) is 6.57. The van der Waals surface area contributed by atoms with Crippen LogP contribution in [0.25, 0.3) is 0 Å². The molecule has 0 aromatic rings. The Bertz CT molecular complexity index is 504. The Kier molecular flexibility index (Phi) is 5.55. The molecule has 6 nitrogen and oxygen atoms in total. The van der Waals surface area contributed by atoms with Gasteiger partial charge in [-0.2, -0.15) is 0 Å². The predicted octanol–water partition coefficient (Wildman–Crippen LogP) is 1.70. The van der Waals surface area contributed by atoms with Gasteiger partial charge in [0.25, 0.3) is 0 Å². The molecule has 2 amide bonds. The van der Waals surface area contributed by atoms with Gasteiger partial charge < -0.3 is 15.5 Å². The lowest BCUT2D eigenvalue weighted by atomic mass is 9.79. The van der Waals surface area contributed by atoms with Gasteiger partial charge >= 0.3 is 11.8 Å². The van der Waals surface area contributed by atoms with E-state index in [0.717, 1.165) is 12.8 Å². The third kappa shape index (κ3) is 4.94. The molecule has 2 aliphatic rings. The highest BCUT2D eigenvalue weighted by Crippen LogP contribution is 2.29. The predicted molar refractivity (Wildman–Crippen MR) is 100 cm³/mol. The molecule has 0 aromatic carbocycles. The van der Waals surface area contributed by atoms with Crippen molar-refractivity contribution in [2.75, 3.05) is 6.54 Å². The summed E-state index contributed by atoms with van der Waals surface area (Å²) in [7, 11) is 0. The number of carbonyl (C=O) groups is 2. The van der Waals surface area contributed by atoms with Gasteiger partial charge in [-0.1, -0.05) is 0 Å². The lowest BCUT2D eigenvalue weighted by Gasteiger charge is -2.46. The molecule has 1 unspecified atom stereocenters. The van der Waals surface area contributed by atoms with Gasteiger partial charge in [0, 0.05) is 29.2 Å². The number of hydrogen-bond donors (Lipinski definition) is 2. The molecule has 144 valence electrons. The summed E-state index contributed by atoms with van der Waals surface area (Å²) in [6.45, 7) is 17.7. The van der Waals surface area contributed by atoms with Crippen LogP contribution in [0, 0.1) is 0 Å². The fourth-order valence-electron chi connectivity index (χ4n) is 4.69. The third-order valence-corrected chi connectivity index (χ3v) is 5.10. The van der Waals surface area contributed by atoms with E-state index in [1.54, 1.807) is 4.90 Å². The van der Waals surface area contributed by atoms with E-state index < -0.39 is 11.8 Å². The minimum atomic E-state index is -0.464. The number of carbonyl (C=O) groups excluding carboxylic acids is 2. The van der Waals surface area contributed by atoms with Crippen LogP contribution in [-0.2, 0) is 9.59 Å². The maximum Gasteiger partial charge on any atom is 0.313 e. The number of piperidine rings is 1. The molecule has 2 N–H and O–H groups in total. The zero-order valence-corrected chi connectivity index (χ0v) is 17.1. The molecule has 0 aliphatic carbocycles. The van der Waals surface area contributed by atoms with E-state index in [1.165, 1.54) is 0 Å². The summed E-state index contributed by atoms with van der Waals surface area (Å²) in [5.74, 6) is -0.862. The monoisotopic (exact) mass is 352 g/mol. The third-order valence-electron chi connectivity index (χ3n) is 5.10. The number of hydrogen-bond acceptors (Lipinski definition) is 4. The van der Waals surface area contributed by atoms with E-state index in [1.807, 2.05) is 0 Å². The first kappa shape index (κ1) is 20.2. The zero-order valence-electron chi connectivity index (χ0n) is 17.1. The van der Waals surface area contributed by atoms with Gasteiger partial charge in [0.05, 0.1) is 6.54 Å². The summed E-state index contributed by atoms with van der Waals surface area (Å²) in [4.78, 5) is 29.0. The molecule has 6 heteroatoms. The molecule has 0 aromatic heterocycles. The van der Waals surface area contributed by atoms with Crippen LogP contribution in [0.5, 0.6) is 0 Å². The normalized spacial score (nSPS) is 25.6. The molecule has 2 saturated heterocycles. The number of nitrogens with one attached hydrogen (secondary N) is 2. The zero-order chi connectivity index (χ0) is 19.2. The van der Waals surface area contributed by atoms with Crippen molar-refractivity contribution in [2.24, 2.45) is 0 Å². The molecule has 2 fully saturated rings. The summed E-state index contributed by atoms with van der Waals surface area (Å²) in [5.41, 5.74) is -0.117. The molecule has 0 spiro atoms. The Morgan fingerprint density at radius 1 is 1.04 bits per heavy atom. The molecule has 2 heterocycles. The van der Waals surface area contributed by atoms with Gasteiger partial charge in [-0.3, -0.25) is 14.5 Å². The Labute approximate surface area is 152 Å². The minimum Gasteiger partial charge on any atom is -0.345 e. The van der Waals surface area contributed by atoms with Crippen molar-refractivity contribution < 1.29 is 9.59 Å². The van der Waals surface area contributed by atoms with Crippen molar-refractivity contribution in [3.05, 3.63) is 0 Å². The second kappa shape index (κ2) is 6.88. The van der Waals surface area contributed by atoms with E-state index in [4.69, 9.17) is 0 Å². The van der Waals surface area contributed by atoms with Gasteiger partial charge in [0.15, 0.2) is 0 Å². The quantitative estimate of drug-likeness (QED) is 0.597. The molecule has 1 atom stereocenters. The standard InChI is InChI=1S/C19H36N4O2/c1-12(2)23(13(3)4)15-11-22(15)17(25)16(24)20-14-9-18(5,6)21-19(7,8)10-14/h12-15,21H,9-11H2,1-8H3,(H,20,24). The van der Waals surface area contributed by atoms with Crippen LogP contribution in [0.1, 0.15) is 68.2 Å². The van der Waals surface area contributed by atoms with Crippen molar-refractivity contribution in [1.82, 2.24) is 20.4 Å². The Hall–Kier alpha value is -1.14. The Morgan fingerprint density at radius 2 is 1.52 bits per heavy atom. The van der Waals surface area contributed by atoms with E-state index in [0.29, 0.717) is 18.6 Å². The van der Waals surface area contributed by atoms with Crippen LogP contribution in [-0.4, -0.2) is 63.5 Å².